The second-order valence-corrected chi connectivity index (χ2v) is 9.16. The molecule has 0 radical (unpaired) electrons. The summed E-state index contributed by atoms with van der Waals surface area (Å²) in [5.41, 5.74) is 2.36. The van der Waals surface area contributed by atoms with E-state index >= 15 is 0 Å². The molecule has 2 atom stereocenters. The van der Waals surface area contributed by atoms with Crippen molar-refractivity contribution in [3.63, 3.8) is 0 Å². The van der Waals surface area contributed by atoms with E-state index in [9.17, 15) is 0 Å². The minimum absolute atomic E-state index is 0.151. The van der Waals surface area contributed by atoms with Gasteiger partial charge in [-0.3, -0.25) is 0 Å². The van der Waals surface area contributed by atoms with Crippen LogP contribution in [-0.2, 0) is 4.74 Å². The summed E-state index contributed by atoms with van der Waals surface area (Å²) in [5, 5.41) is 1.38. The van der Waals surface area contributed by atoms with Crippen LogP contribution in [0.5, 0.6) is 0 Å². The molecule has 3 aromatic rings. The molecule has 2 unspecified atom stereocenters. The summed E-state index contributed by atoms with van der Waals surface area (Å²) in [7, 11) is 0. The normalized spacial score (nSPS) is 20.7. The maximum atomic E-state index is 6.26. The van der Waals surface area contributed by atoms with Crippen LogP contribution in [0.15, 0.2) is 28.7 Å². The van der Waals surface area contributed by atoms with Gasteiger partial charge in [0, 0.05) is 28.0 Å². The predicted molar refractivity (Wildman–Crippen MR) is 113 cm³/mol. The third-order valence-electron chi connectivity index (χ3n) is 4.53. The van der Waals surface area contributed by atoms with Crippen LogP contribution < -0.4 is 4.90 Å². The van der Waals surface area contributed by atoms with Gasteiger partial charge in [-0.2, -0.15) is 4.98 Å². The van der Waals surface area contributed by atoms with E-state index in [0.717, 1.165) is 33.6 Å². The fourth-order valence-corrected chi connectivity index (χ4v) is 5.13. The first-order valence-corrected chi connectivity index (χ1v) is 10.5. The van der Waals surface area contributed by atoms with Gasteiger partial charge < -0.3 is 9.64 Å². The summed E-state index contributed by atoms with van der Waals surface area (Å²) in [6, 6.07) is 8.38. The monoisotopic (exact) mass is 451 g/mol. The van der Waals surface area contributed by atoms with Crippen molar-refractivity contribution in [1.29, 1.82) is 0 Å². The van der Waals surface area contributed by atoms with E-state index in [1.54, 1.807) is 11.3 Å². The number of aromatic nitrogens is 2. The van der Waals surface area contributed by atoms with Gasteiger partial charge in [0.15, 0.2) is 0 Å². The SMILES string of the molecule is Cc1sc2nc(Cl)nc(N3CC(C)OC(C)C3)c2c1-c1ccc(Br)cc1. The lowest BCUT2D eigenvalue weighted by Crippen LogP contribution is -2.46. The van der Waals surface area contributed by atoms with E-state index in [0.29, 0.717) is 5.28 Å². The van der Waals surface area contributed by atoms with Gasteiger partial charge in [0.25, 0.3) is 0 Å². The first-order chi connectivity index (χ1) is 12.4. The summed E-state index contributed by atoms with van der Waals surface area (Å²) in [5.74, 6) is 0.907. The van der Waals surface area contributed by atoms with Crippen LogP contribution in [0, 0.1) is 6.92 Å². The zero-order valence-electron chi connectivity index (χ0n) is 14.8. The average Bonchev–Trinajstić information content (AvgIpc) is 2.89. The highest BCUT2D eigenvalue weighted by atomic mass is 79.9. The molecule has 1 saturated heterocycles. The third kappa shape index (κ3) is 3.36. The lowest BCUT2D eigenvalue weighted by atomic mass is 10.0. The van der Waals surface area contributed by atoms with Crippen molar-refractivity contribution in [2.45, 2.75) is 33.0 Å². The molecule has 3 heterocycles. The molecule has 4 nitrogen and oxygen atoms in total. The summed E-state index contributed by atoms with van der Waals surface area (Å²) in [6.07, 6.45) is 0.303. The largest absolute Gasteiger partial charge is 0.372 e. The van der Waals surface area contributed by atoms with Crippen molar-refractivity contribution >= 4 is 54.9 Å². The van der Waals surface area contributed by atoms with Crippen LogP contribution in [0.1, 0.15) is 18.7 Å². The summed E-state index contributed by atoms with van der Waals surface area (Å²) in [6.45, 7) is 7.91. The highest BCUT2D eigenvalue weighted by molar-refractivity contribution is 9.10. The van der Waals surface area contributed by atoms with Gasteiger partial charge in [-0.1, -0.05) is 28.1 Å². The molecule has 0 bridgehead atoms. The summed E-state index contributed by atoms with van der Waals surface area (Å²) >= 11 is 11.4. The molecule has 1 aromatic carbocycles. The minimum atomic E-state index is 0.151. The number of ether oxygens (including phenoxy) is 1. The van der Waals surface area contributed by atoms with Gasteiger partial charge in [0.05, 0.1) is 17.6 Å². The Bertz CT molecular complexity index is 950. The number of hydrogen-bond acceptors (Lipinski definition) is 5. The van der Waals surface area contributed by atoms with Gasteiger partial charge in [0.1, 0.15) is 10.6 Å². The number of rotatable bonds is 2. The molecule has 0 amide bonds. The second kappa shape index (κ2) is 7.08. The van der Waals surface area contributed by atoms with Gasteiger partial charge in [0.2, 0.25) is 5.28 Å². The lowest BCUT2D eigenvalue weighted by molar-refractivity contribution is -0.00536. The number of aryl methyl sites for hydroxylation is 1. The molecule has 0 N–H and O–H groups in total. The molecule has 136 valence electrons. The molecule has 1 fully saturated rings. The Morgan fingerprint density at radius 2 is 1.81 bits per heavy atom. The Morgan fingerprint density at radius 1 is 1.15 bits per heavy atom. The molecule has 26 heavy (non-hydrogen) atoms. The van der Waals surface area contributed by atoms with E-state index in [-0.39, 0.29) is 12.2 Å². The summed E-state index contributed by atoms with van der Waals surface area (Å²) < 4.78 is 6.96. The number of halogens is 2. The third-order valence-corrected chi connectivity index (χ3v) is 6.23. The molecular weight excluding hydrogens is 434 g/mol. The van der Waals surface area contributed by atoms with E-state index in [1.807, 2.05) is 0 Å². The van der Waals surface area contributed by atoms with E-state index in [4.69, 9.17) is 16.3 Å². The Hall–Kier alpha value is -1.21. The molecule has 1 aliphatic rings. The molecule has 0 saturated carbocycles. The summed E-state index contributed by atoms with van der Waals surface area (Å²) in [4.78, 5) is 13.6. The Morgan fingerprint density at radius 3 is 2.46 bits per heavy atom. The Kier molecular flexibility index (Phi) is 4.94. The fraction of sp³-hybridized carbons (Fsp3) is 0.368. The predicted octanol–water partition coefficient (Wildman–Crippen LogP) is 5.70. The van der Waals surface area contributed by atoms with Crippen LogP contribution >= 0.6 is 38.9 Å². The van der Waals surface area contributed by atoms with Crippen LogP contribution in [0.2, 0.25) is 5.28 Å². The van der Waals surface area contributed by atoms with Crippen molar-refractivity contribution in [2.24, 2.45) is 0 Å². The molecule has 4 rings (SSSR count). The van der Waals surface area contributed by atoms with Gasteiger partial charge >= 0.3 is 0 Å². The van der Waals surface area contributed by atoms with Crippen LogP contribution in [0.4, 0.5) is 5.82 Å². The Balaban J connectivity index is 1.93. The fourth-order valence-electron chi connectivity index (χ4n) is 3.61. The topological polar surface area (TPSA) is 38.2 Å². The average molecular weight is 453 g/mol. The van der Waals surface area contributed by atoms with Crippen molar-refractivity contribution in [2.75, 3.05) is 18.0 Å². The van der Waals surface area contributed by atoms with Crippen molar-refractivity contribution in [3.05, 3.63) is 38.9 Å². The van der Waals surface area contributed by atoms with Crippen molar-refractivity contribution in [1.82, 2.24) is 9.97 Å². The molecule has 2 aromatic heterocycles. The zero-order valence-corrected chi connectivity index (χ0v) is 18.0. The Labute approximate surface area is 170 Å². The van der Waals surface area contributed by atoms with E-state index < -0.39 is 0 Å². The standard InChI is InChI=1S/C19H19BrClN3OS/c1-10-8-24(9-11(2)25-10)17-16-15(13-4-6-14(20)7-5-13)12(3)26-18(16)23-19(21)22-17/h4-7,10-11H,8-9H2,1-3H3. The maximum Gasteiger partial charge on any atom is 0.225 e. The zero-order chi connectivity index (χ0) is 18.4. The number of anilines is 1. The van der Waals surface area contributed by atoms with Crippen LogP contribution in [0.3, 0.4) is 0 Å². The number of fused-ring (bicyclic) bond motifs is 1. The van der Waals surface area contributed by atoms with Gasteiger partial charge in [-0.25, -0.2) is 4.98 Å². The van der Waals surface area contributed by atoms with Crippen molar-refractivity contribution < 1.29 is 4.74 Å². The molecular formula is C19H19BrClN3OS. The van der Waals surface area contributed by atoms with Gasteiger partial charge in [-0.05, 0) is 50.1 Å². The first-order valence-electron chi connectivity index (χ1n) is 8.55. The number of benzene rings is 1. The molecule has 7 heteroatoms. The van der Waals surface area contributed by atoms with E-state index in [2.05, 4.69) is 75.8 Å². The lowest BCUT2D eigenvalue weighted by Gasteiger charge is -2.36. The highest BCUT2D eigenvalue weighted by Gasteiger charge is 2.27. The number of thiophene rings is 1. The van der Waals surface area contributed by atoms with Crippen LogP contribution in [0.25, 0.3) is 21.3 Å². The van der Waals surface area contributed by atoms with Crippen molar-refractivity contribution in [3.8, 4) is 11.1 Å². The molecule has 0 spiro atoms. The quantitative estimate of drug-likeness (QED) is 0.468. The second-order valence-electron chi connectivity index (χ2n) is 6.70. The van der Waals surface area contributed by atoms with Gasteiger partial charge in [-0.15, -0.1) is 11.3 Å². The molecule has 0 aliphatic carbocycles. The number of nitrogens with zero attached hydrogens (tertiary/aromatic N) is 3. The van der Waals surface area contributed by atoms with E-state index in [1.165, 1.54) is 16.0 Å². The molecule has 1 aliphatic heterocycles. The van der Waals surface area contributed by atoms with Crippen LogP contribution in [-0.4, -0.2) is 35.3 Å². The number of morpholine rings is 1. The first kappa shape index (κ1) is 18.2. The highest BCUT2D eigenvalue weighted by Crippen LogP contribution is 2.42. The minimum Gasteiger partial charge on any atom is -0.372 e. The number of hydrogen-bond donors (Lipinski definition) is 0. The maximum absolute atomic E-state index is 6.26. The smallest absolute Gasteiger partial charge is 0.225 e.